The second-order valence-corrected chi connectivity index (χ2v) is 8.28. The largest absolute Gasteiger partial charge is 0.397 e. The third-order valence-corrected chi connectivity index (χ3v) is 6.20. The molecule has 0 radical (unpaired) electrons. The maximum Gasteiger partial charge on any atom is 0.0739 e. The fourth-order valence-electron chi connectivity index (χ4n) is 4.15. The van der Waals surface area contributed by atoms with Crippen LogP contribution in [0, 0.1) is 3.57 Å². The summed E-state index contributed by atoms with van der Waals surface area (Å²) in [5.41, 5.74) is 10.8. The zero-order valence-electron chi connectivity index (χ0n) is 14.2. The summed E-state index contributed by atoms with van der Waals surface area (Å²) in [5, 5.41) is 10.7. The van der Waals surface area contributed by atoms with E-state index >= 15 is 0 Å². The molecule has 2 aromatic rings. The van der Waals surface area contributed by atoms with E-state index in [9.17, 15) is 5.11 Å². The standard InChI is InChI=1S/C20H24IN3O/c21-16-6-5-14-13-20(25)19(12-15(14)11-16)24-9-7-23(8-10-24)18-4-2-1-3-17(18)22/h1-6,11,19-20,25H,7-10,12-13,22H2/t19-,20-/m0/s1. The number of nitrogen functional groups attached to an aromatic ring is 1. The van der Waals surface area contributed by atoms with E-state index in [2.05, 4.69) is 56.7 Å². The highest BCUT2D eigenvalue weighted by Crippen LogP contribution is 2.29. The molecule has 1 heterocycles. The van der Waals surface area contributed by atoms with Gasteiger partial charge in [-0.05, 0) is 64.4 Å². The van der Waals surface area contributed by atoms with Crippen molar-refractivity contribution >= 4 is 34.0 Å². The van der Waals surface area contributed by atoms with E-state index in [0.717, 1.165) is 50.4 Å². The average molecular weight is 449 g/mol. The zero-order chi connectivity index (χ0) is 17.4. The molecule has 5 heteroatoms. The van der Waals surface area contributed by atoms with Crippen molar-refractivity contribution in [2.45, 2.75) is 25.0 Å². The molecule has 4 rings (SSSR count). The quantitative estimate of drug-likeness (QED) is 0.547. The predicted molar refractivity (Wildman–Crippen MR) is 111 cm³/mol. The van der Waals surface area contributed by atoms with Gasteiger partial charge in [-0.25, -0.2) is 0 Å². The van der Waals surface area contributed by atoms with E-state index in [4.69, 9.17) is 5.73 Å². The van der Waals surface area contributed by atoms with E-state index < -0.39 is 0 Å². The van der Waals surface area contributed by atoms with Gasteiger partial charge in [0.25, 0.3) is 0 Å². The number of rotatable bonds is 2. The Hall–Kier alpha value is -1.31. The molecule has 4 nitrogen and oxygen atoms in total. The summed E-state index contributed by atoms with van der Waals surface area (Å²) < 4.78 is 1.27. The molecule has 25 heavy (non-hydrogen) atoms. The molecule has 132 valence electrons. The highest BCUT2D eigenvalue weighted by atomic mass is 127. The third kappa shape index (κ3) is 3.50. The van der Waals surface area contributed by atoms with Gasteiger partial charge in [0.05, 0.1) is 17.5 Å². The Morgan fingerprint density at radius 3 is 2.48 bits per heavy atom. The topological polar surface area (TPSA) is 52.7 Å². The SMILES string of the molecule is Nc1ccccc1N1CCN([C@H]2Cc3cc(I)ccc3C[C@@H]2O)CC1. The van der Waals surface area contributed by atoms with Crippen molar-refractivity contribution in [3.63, 3.8) is 0 Å². The van der Waals surface area contributed by atoms with Gasteiger partial charge in [-0.1, -0.05) is 18.2 Å². The molecule has 2 atom stereocenters. The molecule has 0 saturated carbocycles. The first-order valence-electron chi connectivity index (χ1n) is 8.90. The lowest BCUT2D eigenvalue weighted by atomic mass is 9.85. The van der Waals surface area contributed by atoms with E-state index in [1.165, 1.54) is 14.7 Å². The van der Waals surface area contributed by atoms with E-state index in [-0.39, 0.29) is 12.1 Å². The third-order valence-electron chi connectivity index (χ3n) is 5.53. The van der Waals surface area contributed by atoms with Crippen LogP contribution in [0.15, 0.2) is 42.5 Å². The molecular formula is C20H24IN3O. The van der Waals surface area contributed by atoms with Gasteiger partial charge in [0, 0.05) is 42.2 Å². The molecule has 0 unspecified atom stereocenters. The lowest BCUT2D eigenvalue weighted by molar-refractivity contribution is 0.0395. The average Bonchev–Trinajstić information content (AvgIpc) is 2.62. The molecule has 1 saturated heterocycles. The minimum atomic E-state index is -0.277. The number of nitrogens with two attached hydrogens (primary N) is 1. The number of halogens is 1. The van der Waals surface area contributed by atoms with Gasteiger partial charge in [-0.15, -0.1) is 0 Å². The normalized spacial score (nSPS) is 24.2. The van der Waals surface area contributed by atoms with Crippen LogP contribution in [0.4, 0.5) is 11.4 Å². The maximum absolute atomic E-state index is 10.7. The molecule has 1 aliphatic heterocycles. The summed E-state index contributed by atoms with van der Waals surface area (Å²) in [6.45, 7) is 3.85. The number of piperazine rings is 1. The Balaban J connectivity index is 1.45. The van der Waals surface area contributed by atoms with Crippen LogP contribution in [-0.2, 0) is 12.8 Å². The van der Waals surface area contributed by atoms with Crippen molar-refractivity contribution in [2.24, 2.45) is 0 Å². The van der Waals surface area contributed by atoms with Gasteiger partial charge in [0.15, 0.2) is 0 Å². The second kappa shape index (κ2) is 7.13. The van der Waals surface area contributed by atoms with Crippen molar-refractivity contribution in [1.82, 2.24) is 4.90 Å². The molecule has 3 N–H and O–H groups in total. The van der Waals surface area contributed by atoms with Crippen LogP contribution < -0.4 is 10.6 Å². The van der Waals surface area contributed by atoms with Crippen LogP contribution in [0.1, 0.15) is 11.1 Å². The Morgan fingerprint density at radius 2 is 1.72 bits per heavy atom. The summed E-state index contributed by atoms with van der Waals surface area (Å²) in [5.74, 6) is 0. The minimum Gasteiger partial charge on any atom is -0.397 e. The molecule has 0 aromatic heterocycles. The van der Waals surface area contributed by atoms with Crippen LogP contribution >= 0.6 is 22.6 Å². The van der Waals surface area contributed by atoms with Crippen molar-refractivity contribution in [1.29, 1.82) is 0 Å². The van der Waals surface area contributed by atoms with Gasteiger partial charge in [0.1, 0.15) is 0 Å². The number of hydrogen-bond acceptors (Lipinski definition) is 4. The highest BCUT2D eigenvalue weighted by Gasteiger charge is 2.33. The minimum absolute atomic E-state index is 0.223. The van der Waals surface area contributed by atoms with E-state index in [1.54, 1.807) is 0 Å². The van der Waals surface area contributed by atoms with Crippen LogP contribution in [0.5, 0.6) is 0 Å². The number of anilines is 2. The van der Waals surface area contributed by atoms with Gasteiger partial charge < -0.3 is 15.7 Å². The van der Waals surface area contributed by atoms with Gasteiger partial charge >= 0.3 is 0 Å². The number of nitrogens with zero attached hydrogens (tertiary/aromatic N) is 2. The monoisotopic (exact) mass is 449 g/mol. The number of hydrogen-bond donors (Lipinski definition) is 2. The summed E-state index contributed by atoms with van der Waals surface area (Å²) in [4.78, 5) is 4.82. The molecule has 1 fully saturated rings. The molecule has 2 aliphatic rings. The summed E-state index contributed by atoms with van der Waals surface area (Å²) in [7, 11) is 0. The van der Waals surface area contributed by atoms with Crippen LogP contribution in [0.25, 0.3) is 0 Å². The summed E-state index contributed by atoms with van der Waals surface area (Å²) in [6.07, 6.45) is 1.43. The second-order valence-electron chi connectivity index (χ2n) is 7.04. The van der Waals surface area contributed by atoms with E-state index in [1.807, 2.05) is 18.2 Å². The summed E-state index contributed by atoms with van der Waals surface area (Å²) in [6, 6.07) is 14.9. The number of aliphatic hydroxyl groups excluding tert-OH is 1. The molecular weight excluding hydrogens is 425 g/mol. The number of aliphatic hydroxyl groups is 1. The fraction of sp³-hybridized carbons (Fsp3) is 0.400. The van der Waals surface area contributed by atoms with Crippen molar-refractivity contribution in [3.8, 4) is 0 Å². The highest BCUT2D eigenvalue weighted by molar-refractivity contribution is 14.1. The Labute approximate surface area is 162 Å². The van der Waals surface area contributed by atoms with Gasteiger partial charge in [0.2, 0.25) is 0 Å². The van der Waals surface area contributed by atoms with Crippen molar-refractivity contribution < 1.29 is 5.11 Å². The molecule has 2 aromatic carbocycles. The summed E-state index contributed by atoms with van der Waals surface area (Å²) >= 11 is 2.37. The predicted octanol–water partition coefficient (Wildman–Crippen LogP) is 2.52. The first-order chi connectivity index (χ1) is 12.1. The first-order valence-corrected chi connectivity index (χ1v) is 9.98. The van der Waals surface area contributed by atoms with Gasteiger partial charge in [-0.2, -0.15) is 0 Å². The van der Waals surface area contributed by atoms with Crippen molar-refractivity contribution in [2.75, 3.05) is 36.8 Å². The molecule has 1 aliphatic carbocycles. The molecule has 0 bridgehead atoms. The Bertz CT molecular complexity index is 758. The first kappa shape index (κ1) is 17.1. The fourth-order valence-corrected chi connectivity index (χ4v) is 4.70. The number of fused-ring (bicyclic) bond motifs is 1. The van der Waals surface area contributed by atoms with Gasteiger partial charge in [-0.3, -0.25) is 4.90 Å². The van der Waals surface area contributed by atoms with Crippen molar-refractivity contribution in [3.05, 3.63) is 57.2 Å². The lowest BCUT2D eigenvalue weighted by Crippen LogP contribution is -2.56. The van der Waals surface area contributed by atoms with E-state index in [0.29, 0.717) is 0 Å². The van der Waals surface area contributed by atoms with Crippen LogP contribution in [0.2, 0.25) is 0 Å². The molecule has 0 amide bonds. The van der Waals surface area contributed by atoms with Crippen LogP contribution in [0.3, 0.4) is 0 Å². The molecule has 0 spiro atoms. The lowest BCUT2D eigenvalue weighted by Gasteiger charge is -2.43. The number of benzene rings is 2. The zero-order valence-corrected chi connectivity index (χ0v) is 16.4. The Morgan fingerprint density at radius 1 is 0.960 bits per heavy atom. The maximum atomic E-state index is 10.7. The smallest absolute Gasteiger partial charge is 0.0739 e. The van der Waals surface area contributed by atoms with Crippen LogP contribution in [-0.4, -0.2) is 48.3 Å². The number of para-hydroxylation sites is 2. The Kier molecular flexibility index (Phi) is 4.88.